The molecule has 0 aliphatic heterocycles. The van der Waals surface area contributed by atoms with Crippen LogP contribution in [0.3, 0.4) is 0 Å². The largest absolute Gasteiger partial charge is 0.143 e. The van der Waals surface area contributed by atoms with E-state index in [2.05, 4.69) is 99.7 Å². The third-order valence-corrected chi connectivity index (χ3v) is 4.61. The van der Waals surface area contributed by atoms with Crippen molar-refractivity contribution in [3.8, 4) is 22.3 Å². The predicted molar refractivity (Wildman–Crippen MR) is 109 cm³/mol. The first kappa shape index (κ1) is 24.6. The SMILES string of the molecule is C/C=C/CCc1ccc(-c2ccc(-c3ccc(C)cc3)[c-]c2C)cc1.[Y].[Y]. The molecule has 3 aromatic carbocycles. The molecule has 0 atom stereocenters. The zero-order valence-corrected chi connectivity index (χ0v) is 22.2. The number of aryl methyl sites for hydroxylation is 3. The fraction of sp³-hybridized carbons (Fsp3) is 0.200. The molecule has 0 amide bonds. The molecule has 0 heterocycles. The minimum absolute atomic E-state index is 0. The number of rotatable bonds is 5. The van der Waals surface area contributed by atoms with Crippen LogP contribution in [0.15, 0.2) is 72.8 Å². The molecule has 0 spiro atoms. The van der Waals surface area contributed by atoms with Crippen molar-refractivity contribution in [2.75, 3.05) is 0 Å². The fourth-order valence-corrected chi connectivity index (χ4v) is 3.08. The molecule has 0 N–H and O–H groups in total. The van der Waals surface area contributed by atoms with Gasteiger partial charge in [-0.2, -0.15) is 0 Å². The Bertz CT molecular complexity index is 860. The molecule has 2 heteroatoms. The van der Waals surface area contributed by atoms with Crippen LogP contribution in [0.4, 0.5) is 0 Å². The first-order valence-electron chi connectivity index (χ1n) is 8.98. The van der Waals surface area contributed by atoms with Crippen molar-refractivity contribution in [1.82, 2.24) is 0 Å². The maximum Gasteiger partial charge on any atom is 0 e. The van der Waals surface area contributed by atoms with Crippen LogP contribution in [-0.4, -0.2) is 0 Å². The zero-order valence-electron chi connectivity index (χ0n) is 16.5. The maximum atomic E-state index is 3.56. The zero-order chi connectivity index (χ0) is 17.6. The Morgan fingerprint density at radius 2 is 1.41 bits per heavy atom. The summed E-state index contributed by atoms with van der Waals surface area (Å²) in [5.74, 6) is 0. The molecule has 0 bridgehead atoms. The summed E-state index contributed by atoms with van der Waals surface area (Å²) in [5, 5.41) is 0. The normalized spacial score (nSPS) is 10.3. The average molecular weight is 503 g/mol. The minimum Gasteiger partial charge on any atom is -0.143 e. The summed E-state index contributed by atoms with van der Waals surface area (Å²) in [6, 6.07) is 25.5. The molecule has 27 heavy (non-hydrogen) atoms. The molecular formula is C25H25Y2-. The van der Waals surface area contributed by atoms with Crippen LogP contribution >= 0.6 is 0 Å². The summed E-state index contributed by atoms with van der Waals surface area (Å²) in [6.45, 7) is 6.33. The van der Waals surface area contributed by atoms with Gasteiger partial charge in [-0.1, -0.05) is 89.9 Å². The van der Waals surface area contributed by atoms with Gasteiger partial charge in [0.15, 0.2) is 0 Å². The second kappa shape index (κ2) is 12.2. The molecule has 0 nitrogen and oxygen atoms in total. The summed E-state index contributed by atoms with van der Waals surface area (Å²) in [4.78, 5) is 0. The third kappa shape index (κ3) is 6.86. The van der Waals surface area contributed by atoms with Crippen LogP contribution in [0, 0.1) is 19.9 Å². The molecule has 0 unspecified atom stereocenters. The number of hydrogen-bond acceptors (Lipinski definition) is 0. The number of allylic oxidation sites excluding steroid dienone is 2. The molecule has 0 aromatic heterocycles. The smallest absolute Gasteiger partial charge is 0 e. The topological polar surface area (TPSA) is 0 Å². The summed E-state index contributed by atoms with van der Waals surface area (Å²) in [7, 11) is 0. The van der Waals surface area contributed by atoms with Crippen LogP contribution in [0.5, 0.6) is 0 Å². The molecule has 0 fully saturated rings. The Morgan fingerprint density at radius 1 is 0.778 bits per heavy atom. The summed E-state index contributed by atoms with van der Waals surface area (Å²) >= 11 is 0. The van der Waals surface area contributed by atoms with Crippen molar-refractivity contribution in [2.45, 2.75) is 33.6 Å². The van der Waals surface area contributed by atoms with Gasteiger partial charge in [-0.3, -0.25) is 0 Å². The van der Waals surface area contributed by atoms with Gasteiger partial charge in [0, 0.05) is 65.4 Å². The van der Waals surface area contributed by atoms with Crippen molar-refractivity contribution in [2.24, 2.45) is 0 Å². The Hall–Kier alpha value is -0.392. The molecule has 3 aromatic rings. The van der Waals surface area contributed by atoms with Gasteiger partial charge in [0.25, 0.3) is 0 Å². The van der Waals surface area contributed by atoms with Gasteiger partial charge >= 0.3 is 0 Å². The van der Waals surface area contributed by atoms with Crippen molar-refractivity contribution < 1.29 is 65.4 Å². The van der Waals surface area contributed by atoms with Crippen molar-refractivity contribution in [3.05, 3.63) is 95.6 Å². The maximum absolute atomic E-state index is 3.56. The van der Waals surface area contributed by atoms with E-state index < -0.39 is 0 Å². The second-order valence-corrected chi connectivity index (χ2v) is 6.58. The van der Waals surface area contributed by atoms with E-state index in [-0.39, 0.29) is 65.4 Å². The Kier molecular flexibility index (Phi) is 11.2. The van der Waals surface area contributed by atoms with Gasteiger partial charge in [-0.25, -0.2) is 0 Å². The summed E-state index contributed by atoms with van der Waals surface area (Å²) in [6.07, 6.45) is 6.54. The fourth-order valence-electron chi connectivity index (χ4n) is 3.08. The summed E-state index contributed by atoms with van der Waals surface area (Å²) in [5.41, 5.74) is 8.77. The number of hydrogen-bond donors (Lipinski definition) is 0. The van der Waals surface area contributed by atoms with Crippen LogP contribution in [0.2, 0.25) is 0 Å². The first-order chi connectivity index (χ1) is 12.2. The van der Waals surface area contributed by atoms with Gasteiger partial charge in [0.1, 0.15) is 0 Å². The molecule has 3 rings (SSSR count). The van der Waals surface area contributed by atoms with E-state index in [0.29, 0.717) is 0 Å². The van der Waals surface area contributed by atoms with E-state index in [1.54, 1.807) is 0 Å². The molecule has 132 valence electrons. The van der Waals surface area contributed by atoms with Gasteiger partial charge in [-0.15, -0.1) is 29.3 Å². The molecule has 0 aliphatic carbocycles. The molecular weight excluding hydrogens is 478 g/mol. The Balaban J connectivity index is 0.00000182. The van der Waals surface area contributed by atoms with E-state index in [9.17, 15) is 0 Å². The van der Waals surface area contributed by atoms with Gasteiger partial charge in [0.05, 0.1) is 0 Å². The van der Waals surface area contributed by atoms with Gasteiger partial charge in [0.2, 0.25) is 0 Å². The van der Waals surface area contributed by atoms with E-state index in [1.165, 1.54) is 33.4 Å². The van der Waals surface area contributed by atoms with Crippen molar-refractivity contribution in [3.63, 3.8) is 0 Å². The third-order valence-electron chi connectivity index (χ3n) is 4.61. The Labute approximate surface area is 214 Å². The van der Waals surface area contributed by atoms with Crippen molar-refractivity contribution >= 4 is 0 Å². The molecule has 0 aliphatic rings. The van der Waals surface area contributed by atoms with Crippen LogP contribution < -0.4 is 0 Å². The molecule has 2 radical (unpaired) electrons. The molecule has 0 saturated heterocycles. The Morgan fingerprint density at radius 3 is 2.00 bits per heavy atom. The standard InChI is InChI=1S/C25H25.2Y/c1-4-5-6-7-21-10-14-23(15-11-21)25-17-16-24(18-20(25)3)22-12-8-19(2)9-13-22;;/h4-5,8-17H,6-7H2,1-3H3;;/q-1;;/b5-4+;;. The molecule has 0 saturated carbocycles. The van der Waals surface area contributed by atoms with Gasteiger partial charge < -0.3 is 0 Å². The quantitative estimate of drug-likeness (QED) is 0.262. The van der Waals surface area contributed by atoms with E-state index in [4.69, 9.17) is 0 Å². The summed E-state index contributed by atoms with van der Waals surface area (Å²) < 4.78 is 0. The predicted octanol–water partition coefficient (Wildman–Crippen LogP) is 6.94. The monoisotopic (exact) mass is 503 g/mol. The second-order valence-electron chi connectivity index (χ2n) is 6.58. The number of benzene rings is 3. The van der Waals surface area contributed by atoms with E-state index in [0.717, 1.165) is 18.4 Å². The minimum atomic E-state index is 0. The van der Waals surface area contributed by atoms with E-state index >= 15 is 0 Å². The average Bonchev–Trinajstić information content (AvgIpc) is 2.63. The van der Waals surface area contributed by atoms with Crippen molar-refractivity contribution in [1.29, 1.82) is 0 Å². The van der Waals surface area contributed by atoms with Crippen LogP contribution in [0.1, 0.15) is 30.0 Å². The van der Waals surface area contributed by atoms with E-state index in [1.807, 2.05) is 0 Å². The van der Waals surface area contributed by atoms with Gasteiger partial charge in [-0.05, 0) is 32.3 Å². The van der Waals surface area contributed by atoms with Crippen LogP contribution in [-0.2, 0) is 71.8 Å². The van der Waals surface area contributed by atoms with Crippen LogP contribution in [0.25, 0.3) is 22.3 Å². The first-order valence-corrected chi connectivity index (χ1v) is 8.98.